The van der Waals surface area contributed by atoms with E-state index in [-0.39, 0.29) is 29.2 Å². The van der Waals surface area contributed by atoms with Crippen LogP contribution in [0.5, 0.6) is 5.75 Å². The van der Waals surface area contributed by atoms with Crippen LogP contribution >= 0.6 is 0 Å². The number of nitro groups is 1. The van der Waals surface area contributed by atoms with Crippen LogP contribution in [0.15, 0.2) is 48.5 Å². The third-order valence-electron chi connectivity index (χ3n) is 6.16. The lowest BCUT2D eigenvalue weighted by Crippen LogP contribution is -2.44. The molecule has 3 saturated heterocycles. The maximum atomic E-state index is 13.5. The van der Waals surface area contributed by atoms with Crippen molar-refractivity contribution in [3.05, 3.63) is 64.2 Å². The van der Waals surface area contributed by atoms with Gasteiger partial charge in [-0.3, -0.25) is 19.7 Å². The summed E-state index contributed by atoms with van der Waals surface area (Å²) in [5.74, 6) is -0.608. The number of para-hydroxylation sites is 1. The highest BCUT2D eigenvalue weighted by molar-refractivity contribution is 6.24. The molecular weight excluding hydrogens is 388 g/mol. The molecule has 2 amide bonds. The van der Waals surface area contributed by atoms with Crippen LogP contribution in [0.3, 0.4) is 0 Å². The number of benzene rings is 2. The summed E-state index contributed by atoms with van der Waals surface area (Å²) < 4.78 is 5.54. The zero-order valence-corrected chi connectivity index (χ0v) is 16.3. The van der Waals surface area contributed by atoms with Crippen molar-refractivity contribution in [1.29, 1.82) is 0 Å². The van der Waals surface area contributed by atoms with Crippen molar-refractivity contribution in [2.45, 2.75) is 18.5 Å². The smallest absolute Gasteiger partial charge is 0.271 e. The molecule has 9 nitrogen and oxygen atoms in total. The van der Waals surface area contributed by atoms with Gasteiger partial charge < -0.3 is 4.74 Å². The largest absolute Gasteiger partial charge is 0.496 e. The number of fused-ring (bicyclic) bond motifs is 3. The fourth-order valence-electron chi connectivity index (χ4n) is 5.00. The molecule has 3 heterocycles. The molecule has 3 aliphatic heterocycles. The Kier molecular flexibility index (Phi) is 4.30. The number of hydrogen-bond acceptors (Lipinski definition) is 7. The molecule has 2 aromatic rings. The van der Waals surface area contributed by atoms with Crippen LogP contribution in [0.4, 0.5) is 11.4 Å². The summed E-state index contributed by atoms with van der Waals surface area (Å²) >= 11 is 0. The molecule has 2 aromatic carbocycles. The number of amides is 2. The van der Waals surface area contributed by atoms with E-state index in [1.807, 2.05) is 29.3 Å². The van der Waals surface area contributed by atoms with Gasteiger partial charge in [0, 0.05) is 30.8 Å². The molecule has 3 fully saturated rings. The van der Waals surface area contributed by atoms with Gasteiger partial charge in [-0.2, -0.15) is 0 Å². The average Bonchev–Trinajstić information content (AvgIpc) is 3.40. The van der Waals surface area contributed by atoms with Gasteiger partial charge in [0.2, 0.25) is 5.91 Å². The average molecular weight is 408 g/mol. The number of imide groups is 1. The second-order valence-electron chi connectivity index (χ2n) is 7.63. The Labute approximate surface area is 172 Å². The molecule has 0 radical (unpaired) electrons. The van der Waals surface area contributed by atoms with Gasteiger partial charge in [-0.05, 0) is 18.6 Å². The number of nitro benzene ring substituents is 1. The number of hydrazine groups is 1. The number of carbonyl (C=O) groups is 2. The summed E-state index contributed by atoms with van der Waals surface area (Å²) in [6.45, 7) is 1.45. The summed E-state index contributed by atoms with van der Waals surface area (Å²) in [5.41, 5.74) is 0.939. The molecule has 30 heavy (non-hydrogen) atoms. The topological polar surface area (TPSA) is 96.2 Å². The van der Waals surface area contributed by atoms with Crippen molar-refractivity contribution >= 4 is 23.2 Å². The first kappa shape index (κ1) is 18.7. The first-order valence-electron chi connectivity index (χ1n) is 9.81. The summed E-state index contributed by atoms with van der Waals surface area (Å²) in [7, 11) is 1.59. The van der Waals surface area contributed by atoms with E-state index < -0.39 is 16.9 Å². The third-order valence-corrected chi connectivity index (χ3v) is 6.16. The number of methoxy groups -OCH3 is 1. The SMILES string of the molecule is COc1ccccc1C1C2C(=O)N(c3cccc([N+](=O)[O-])c3)C(=O)C2N2CCCN12. The number of nitrogens with zero attached hydrogens (tertiary/aromatic N) is 4. The lowest BCUT2D eigenvalue weighted by Gasteiger charge is -2.30. The minimum absolute atomic E-state index is 0.158. The molecule has 0 saturated carbocycles. The minimum Gasteiger partial charge on any atom is -0.496 e. The highest BCUT2D eigenvalue weighted by Crippen LogP contribution is 2.50. The summed E-state index contributed by atoms with van der Waals surface area (Å²) in [6, 6.07) is 12.3. The summed E-state index contributed by atoms with van der Waals surface area (Å²) in [6.07, 6.45) is 0.896. The zero-order valence-electron chi connectivity index (χ0n) is 16.3. The first-order valence-corrected chi connectivity index (χ1v) is 9.81. The number of carbonyl (C=O) groups excluding carboxylic acids is 2. The van der Waals surface area contributed by atoms with E-state index in [9.17, 15) is 19.7 Å². The molecule has 0 bridgehead atoms. The standard InChI is InChI=1S/C21H20N4O5/c1-30-16-9-3-2-8-15(16)18-17-19(23-11-5-10-22(18)23)21(27)24(20(17)26)13-6-4-7-14(12-13)25(28)29/h2-4,6-9,12,17-19H,5,10-11H2,1H3. The van der Waals surface area contributed by atoms with Crippen LogP contribution < -0.4 is 9.64 Å². The van der Waals surface area contributed by atoms with Crippen molar-refractivity contribution in [3.8, 4) is 5.75 Å². The van der Waals surface area contributed by atoms with Gasteiger partial charge in [-0.15, -0.1) is 0 Å². The van der Waals surface area contributed by atoms with E-state index in [1.54, 1.807) is 13.2 Å². The van der Waals surface area contributed by atoms with Crippen LogP contribution in [-0.2, 0) is 9.59 Å². The molecule has 3 atom stereocenters. The van der Waals surface area contributed by atoms with E-state index in [0.29, 0.717) is 12.3 Å². The Hall–Kier alpha value is -3.30. The summed E-state index contributed by atoms with van der Waals surface area (Å²) in [4.78, 5) is 38.7. The normalized spacial score (nSPS) is 26.2. The van der Waals surface area contributed by atoms with Crippen LogP contribution in [0.1, 0.15) is 18.0 Å². The molecule has 154 valence electrons. The predicted molar refractivity (Wildman–Crippen MR) is 107 cm³/mol. The van der Waals surface area contributed by atoms with Crippen molar-refractivity contribution in [3.63, 3.8) is 0 Å². The number of ether oxygens (including phenoxy) is 1. The van der Waals surface area contributed by atoms with Gasteiger partial charge >= 0.3 is 0 Å². The number of hydrogen-bond donors (Lipinski definition) is 0. The van der Waals surface area contributed by atoms with Crippen molar-refractivity contribution in [2.24, 2.45) is 5.92 Å². The third kappa shape index (κ3) is 2.55. The predicted octanol–water partition coefficient (Wildman–Crippen LogP) is 2.14. The van der Waals surface area contributed by atoms with Gasteiger partial charge in [0.25, 0.3) is 11.6 Å². The molecular formula is C21H20N4O5. The number of rotatable bonds is 4. The van der Waals surface area contributed by atoms with E-state index in [2.05, 4.69) is 5.01 Å². The van der Waals surface area contributed by atoms with Crippen molar-refractivity contribution in [2.75, 3.05) is 25.1 Å². The quantitative estimate of drug-likeness (QED) is 0.434. The second kappa shape index (κ2) is 6.89. The Morgan fingerprint density at radius 1 is 1.00 bits per heavy atom. The van der Waals surface area contributed by atoms with Gasteiger partial charge in [0.15, 0.2) is 0 Å². The lowest BCUT2D eigenvalue weighted by molar-refractivity contribution is -0.384. The van der Waals surface area contributed by atoms with E-state index in [4.69, 9.17) is 4.74 Å². The zero-order chi connectivity index (χ0) is 21.0. The highest BCUT2D eigenvalue weighted by Gasteiger charge is 2.63. The van der Waals surface area contributed by atoms with E-state index in [0.717, 1.165) is 23.4 Å². The first-order chi connectivity index (χ1) is 14.5. The fraction of sp³-hybridized carbons (Fsp3) is 0.333. The van der Waals surface area contributed by atoms with E-state index >= 15 is 0 Å². The molecule has 3 aliphatic rings. The Morgan fingerprint density at radius 3 is 2.47 bits per heavy atom. The molecule has 9 heteroatoms. The Balaban J connectivity index is 1.60. The molecule has 0 spiro atoms. The van der Waals surface area contributed by atoms with Crippen LogP contribution in [0, 0.1) is 16.0 Å². The highest BCUT2D eigenvalue weighted by atomic mass is 16.6. The maximum Gasteiger partial charge on any atom is 0.271 e. The molecule has 0 N–H and O–H groups in total. The Morgan fingerprint density at radius 2 is 1.73 bits per heavy atom. The lowest BCUT2D eigenvalue weighted by atomic mass is 9.89. The van der Waals surface area contributed by atoms with Crippen LogP contribution in [-0.4, -0.2) is 53.0 Å². The number of anilines is 1. The van der Waals surface area contributed by atoms with Gasteiger partial charge in [-0.25, -0.2) is 14.9 Å². The van der Waals surface area contributed by atoms with Gasteiger partial charge in [-0.1, -0.05) is 24.3 Å². The Bertz CT molecular complexity index is 1060. The molecule has 0 aromatic heterocycles. The van der Waals surface area contributed by atoms with Gasteiger partial charge in [0.05, 0.1) is 29.7 Å². The molecule has 5 rings (SSSR count). The van der Waals surface area contributed by atoms with Crippen molar-refractivity contribution in [1.82, 2.24) is 10.0 Å². The molecule has 0 aliphatic carbocycles. The molecule has 3 unspecified atom stereocenters. The second-order valence-corrected chi connectivity index (χ2v) is 7.63. The minimum atomic E-state index is -0.617. The maximum absolute atomic E-state index is 13.5. The summed E-state index contributed by atoms with van der Waals surface area (Å²) in [5, 5.41) is 15.3. The van der Waals surface area contributed by atoms with E-state index in [1.165, 1.54) is 18.2 Å². The fourth-order valence-corrected chi connectivity index (χ4v) is 5.00. The van der Waals surface area contributed by atoms with Crippen LogP contribution in [0.2, 0.25) is 0 Å². The van der Waals surface area contributed by atoms with Crippen molar-refractivity contribution < 1.29 is 19.2 Å². The monoisotopic (exact) mass is 408 g/mol. The van der Waals surface area contributed by atoms with Gasteiger partial charge in [0.1, 0.15) is 11.8 Å². The van der Waals surface area contributed by atoms with Crippen LogP contribution in [0.25, 0.3) is 0 Å². The number of non-ortho nitro benzene ring substituents is 1.